The van der Waals surface area contributed by atoms with Crippen LogP contribution in [0.5, 0.6) is 0 Å². The van der Waals surface area contributed by atoms with E-state index >= 15 is 0 Å². The lowest BCUT2D eigenvalue weighted by molar-refractivity contribution is -0.136. The molecule has 0 spiro atoms. The van der Waals surface area contributed by atoms with Gasteiger partial charge in [-0.05, 0) is 78.4 Å². The summed E-state index contributed by atoms with van der Waals surface area (Å²) in [6.07, 6.45) is -2.87. The van der Waals surface area contributed by atoms with Crippen molar-refractivity contribution >= 4 is 16.1 Å². The van der Waals surface area contributed by atoms with Gasteiger partial charge >= 0.3 is 12.3 Å². The fourth-order valence-corrected chi connectivity index (χ4v) is 5.94. The number of ether oxygens (including phenoxy) is 1. The first-order chi connectivity index (χ1) is 14.2. The van der Waals surface area contributed by atoms with E-state index in [0.717, 1.165) is 0 Å². The fourth-order valence-electron chi connectivity index (χ4n) is 4.04. The van der Waals surface area contributed by atoms with Crippen LogP contribution in [0.4, 0.5) is 18.0 Å². The molecule has 182 valence electrons. The van der Waals surface area contributed by atoms with Gasteiger partial charge in [0.15, 0.2) is 0 Å². The molecule has 31 heavy (non-hydrogen) atoms. The topological polar surface area (TPSA) is 79.0 Å². The molecule has 0 saturated carbocycles. The third-order valence-corrected chi connectivity index (χ3v) is 7.70. The van der Waals surface area contributed by atoms with Gasteiger partial charge in [0.25, 0.3) is 0 Å². The quantitative estimate of drug-likeness (QED) is 0.616. The number of alkyl carbamates (subject to hydrolysis) is 1. The molecule has 2 rings (SSSR count). The summed E-state index contributed by atoms with van der Waals surface area (Å²) in [6.45, 7) is 7.76. The molecule has 1 amide bonds. The van der Waals surface area contributed by atoms with Crippen molar-refractivity contribution < 1.29 is 31.1 Å². The van der Waals surface area contributed by atoms with Gasteiger partial charge in [-0.2, -0.15) is 13.2 Å². The van der Waals surface area contributed by atoms with Gasteiger partial charge in [-0.1, -0.05) is 0 Å². The average Bonchev–Trinajstić information content (AvgIpc) is 2.61. The van der Waals surface area contributed by atoms with Crippen molar-refractivity contribution in [3.05, 3.63) is 0 Å². The predicted molar refractivity (Wildman–Crippen MR) is 112 cm³/mol. The SMILES string of the molecule is CC(C)(C)OC(=O)NC1CCN(S(=O)(=O)CC2CCN(CCCC(F)(F)F)CC2)CC1. The van der Waals surface area contributed by atoms with Crippen LogP contribution in [0, 0.1) is 5.92 Å². The molecular weight excluding hydrogens is 435 g/mol. The van der Waals surface area contributed by atoms with Gasteiger partial charge in [0.1, 0.15) is 5.60 Å². The molecule has 2 aliphatic heterocycles. The summed E-state index contributed by atoms with van der Waals surface area (Å²) >= 11 is 0. The van der Waals surface area contributed by atoms with Crippen molar-refractivity contribution in [1.82, 2.24) is 14.5 Å². The van der Waals surface area contributed by atoms with Crippen molar-refractivity contribution in [1.29, 1.82) is 0 Å². The normalized spacial score (nSPS) is 21.2. The molecule has 0 aromatic heterocycles. The Morgan fingerprint density at radius 3 is 2.13 bits per heavy atom. The van der Waals surface area contributed by atoms with E-state index in [2.05, 4.69) is 5.32 Å². The largest absolute Gasteiger partial charge is 0.444 e. The molecule has 0 atom stereocenters. The highest BCUT2D eigenvalue weighted by Crippen LogP contribution is 2.25. The van der Waals surface area contributed by atoms with Gasteiger partial charge in [0, 0.05) is 25.6 Å². The third-order valence-electron chi connectivity index (χ3n) is 5.66. The number of likely N-dealkylation sites (tertiary alicyclic amines) is 1. The van der Waals surface area contributed by atoms with Gasteiger partial charge < -0.3 is 15.0 Å². The highest BCUT2D eigenvalue weighted by Gasteiger charge is 2.33. The van der Waals surface area contributed by atoms with Crippen molar-refractivity contribution in [3.63, 3.8) is 0 Å². The summed E-state index contributed by atoms with van der Waals surface area (Å²) in [5, 5.41) is 2.80. The predicted octanol–water partition coefficient (Wildman–Crippen LogP) is 3.36. The molecule has 0 aliphatic carbocycles. The van der Waals surface area contributed by atoms with Gasteiger partial charge in [-0.3, -0.25) is 0 Å². The van der Waals surface area contributed by atoms with Gasteiger partial charge in [-0.15, -0.1) is 0 Å². The van der Waals surface area contributed by atoms with Gasteiger partial charge in [-0.25, -0.2) is 17.5 Å². The zero-order valence-corrected chi connectivity index (χ0v) is 19.5. The van der Waals surface area contributed by atoms with E-state index in [9.17, 15) is 26.4 Å². The highest BCUT2D eigenvalue weighted by atomic mass is 32.2. The molecule has 0 bridgehead atoms. The smallest absolute Gasteiger partial charge is 0.407 e. The molecule has 0 aromatic rings. The monoisotopic (exact) mass is 471 g/mol. The number of carbonyl (C=O) groups excluding carboxylic acids is 1. The van der Waals surface area contributed by atoms with Crippen LogP contribution in [-0.4, -0.2) is 80.0 Å². The molecule has 0 radical (unpaired) electrons. The lowest BCUT2D eigenvalue weighted by Gasteiger charge is -2.35. The second kappa shape index (κ2) is 10.7. The summed E-state index contributed by atoms with van der Waals surface area (Å²) in [4.78, 5) is 13.9. The number of carbonyl (C=O) groups is 1. The van der Waals surface area contributed by atoms with Crippen molar-refractivity contribution in [3.8, 4) is 0 Å². The molecule has 1 N–H and O–H groups in total. The Morgan fingerprint density at radius 1 is 1.03 bits per heavy atom. The van der Waals surface area contributed by atoms with Crippen molar-refractivity contribution in [2.75, 3.05) is 38.5 Å². The van der Waals surface area contributed by atoms with E-state index in [1.165, 1.54) is 4.31 Å². The second-order valence-electron chi connectivity index (χ2n) is 9.60. The van der Waals surface area contributed by atoms with E-state index in [0.29, 0.717) is 58.4 Å². The van der Waals surface area contributed by atoms with Crippen LogP contribution in [0.2, 0.25) is 0 Å². The molecular formula is C20H36F3N3O4S. The molecule has 2 heterocycles. The van der Waals surface area contributed by atoms with Crippen LogP contribution in [0.3, 0.4) is 0 Å². The highest BCUT2D eigenvalue weighted by molar-refractivity contribution is 7.89. The van der Waals surface area contributed by atoms with E-state index in [1.54, 1.807) is 20.8 Å². The minimum Gasteiger partial charge on any atom is -0.444 e. The molecule has 0 aromatic carbocycles. The number of piperidine rings is 2. The standard InChI is InChI=1S/C20H36F3N3O4S/c1-19(2,3)30-18(27)24-17-7-13-26(14-8-17)31(28,29)15-16-5-11-25(12-6-16)10-4-9-20(21,22)23/h16-17H,4-15H2,1-3H3,(H,24,27). The Balaban J connectivity index is 1.70. The van der Waals surface area contributed by atoms with E-state index in [-0.39, 0.29) is 24.1 Å². The Hall–Kier alpha value is -1.07. The first-order valence-corrected chi connectivity index (χ1v) is 12.6. The maximum absolute atomic E-state index is 12.8. The van der Waals surface area contributed by atoms with Crippen molar-refractivity contribution in [2.24, 2.45) is 5.92 Å². The fraction of sp³-hybridized carbons (Fsp3) is 0.950. The van der Waals surface area contributed by atoms with Gasteiger partial charge in [0.05, 0.1) is 5.75 Å². The number of nitrogens with zero attached hydrogens (tertiary/aromatic N) is 2. The number of alkyl halides is 3. The number of nitrogens with one attached hydrogen (secondary N) is 1. The first kappa shape index (κ1) is 26.2. The Labute approximate surface area is 183 Å². The van der Waals surface area contributed by atoms with Crippen LogP contribution in [-0.2, 0) is 14.8 Å². The number of rotatable bonds is 7. The molecule has 11 heteroatoms. The number of sulfonamides is 1. The average molecular weight is 472 g/mol. The molecule has 0 unspecified atom stereocenters. The van der Waals surface area contributed by atoms with Crippen LogP contribution >= 0.6 is 0 Å². The zero-order chi connectivity index (χ0) is 23.3. The maximum Gasteiger partial charge on any atom is 0.407 e. The van der Waals surface area contributed by atoms with Crippen LogP contribution < -0.4 is 5.32 Å². The van der Waals surface area contributed by atoms with Crippen LogP contribution in [0.15, 0.2) is 0 Å². The summed E-state index contributed by atoms with van der Waals surface area (Å²) < 4.78 is 69.2. The minimum absolute atomic E-state index is 0.0291. The molecule has 7 nitrogen and oxygen atoms in total. The number of halogens is 3. The number of hydrogen-bond acceptors (Lipinski definition) is 5. The maximum atomic E-state index is 12.8. The summed E-state index contributed by atoms with van der Waals surface area (Å²) in [5.74, 6) is 0.106. The van der Waals surface area contributed by atoms with Crippen molar-refractivity contribution in [2.45, 2.75) is 77.1 Å². The summed E-state index contributed by atoms with van der Waals surface area (Å²) in [5.41, 5.74) is -0.581. The Kier molecular flexibility index (Phi) is 9.04. The van der Waals surface area contributed by atoms with Crippen LogP contribution in [0.25, 0.3) is 0 Å². The van der Waals surface area contributed by atoms with E-state index in [4.69, 9.17) is 4.74 Å². The lowest BCUT2D eigenvalue weighted by atomic mass is 9.99. The number of amides is 1. The van der Waals surface area contributed by atoms with Crippen LogP contribution in [0.1, 0.15) is 59.3 Å². The molecule has 2 fully saturated rings. The number of hydrogen-bond donors (Lipinski definition) is 1. The Bertz CT molecular complexity index is 679. The first-order valence-electron chi connectivity index (χ1n) is 11.0. The Morgan fingerprint density at radius 2 is 1.61 bits per heavy atom. The van der Waals surface area contributed by atoms with E-state index in [1.807, 2.05) is 4.90 Å². The zero-order valence-electron chi connectivity index (χ0n) is 18.7. The summed E-state index contributed by atoms with van der Waals surface area (Å²) in [6, 6.07) is -0.110. The van der Waals surface area contributed by atoms with Gasteiger partial charge in [0.2, 0.25) is 10.0 Å². The second-order valence-corrected chi connectivity index (χ2v) is 11.6. The third kappa shape index (κ3) is 9.95. The minimum atomic E-state index is -4.12. The lowest BCUT2D eigenvalue weighted by Crippen LogP contribution is -2.48. The molecule has 2 saturated heterocycles. The molecule has 2 aliphatic rings. The van der Waals surface area contributed by atoms with E-state index < -0.39 is 34.3 Å². The summed E-state index contributed by atoms with van der Waals surface area (Å²) in [7, 11) is -3.40.